The molecule has 8 heteroatoms. The lowest BCUT2D eigenvalue weighted by atomic mass is 10.1. The van der Waals surface area contributed by atoms with Crippen LogP contribution in [-0.4, -0.2) is 16.9 Å². The van der Waals surface area contributed by atoms with Gasteiger partial charge >= 0.3 is 6.18 Å². The molecule has 0 fully saturated rings. The fourth-order valence-electron chi connectivity index (χ4n) is 1.23. The third-order valence-corrected chi connectivity index (χ3v) is 2.66. The van der Waals surface area contributed by atoms with Gasteiger partial charge in [0.05, 0.1) is 16.6 Å². The normalized spacial score (nSPS) is 12.9. The molecule has 3 N–H and O–H groups in total. The molecule has 0 bridgehead atoms. The number of alkyl halides is 3. The third-order valence-electron chi connectivity index (χ3n) is 2.31. The number of halogens is 4. The minimum absolute atomic E-state index is 0.00786. The standard InChI is InChI=1S/C11H10F4N2OS/c1-5(9(16)19)17-10(18)6-2-3-8(12)7(4-6)11(13,14)15/h2-5H,1H3,(H2,16,19)(H,17,18). The van der Waals surface area contributed by atoms with Crippen LogP contribution in [0.5, 0.6) is 0 Å². The van der Waals surface area contributed by atoms with Crippen molar-refractivity contribution in [3.8, 4) is 0 Å². The van der Waals surface area contributed by atoms with E-state index < -0.39 is 29.5 Å². The Morgan fingerprint density at radius 2 is 2.00 bits per heavy atom. The summed E-state index contributed by atoms with van der Waals surface area (Å²) in [4.78, 5) is 11.6. The van der Waals surface area contributed by atoms with E-state index in [1.807, 2.05) is 0 Å². The average Bonchev–Trinajstić information content (AvgIpc) is 2.27. The van der Waals surface area contributed by atoms with Crippen LogP contribution in [0.15, 0.2) is 18.2 Å². The number of carbonyl (C=O) groups excluding carboxylic acids is 1. The molecule has 0 aliphatic rings. The van der Waals surface area contributed by atoms with Crippen LogP contribution in [0, 0.1) is 5.82 Å². The Bertz CT molecular complexity index is 516. The SMILES string of the molecule is CC(NC(=O)c1ccc(F)c(C(F)(F)F)c1)C(N)=S. The van der Waals surface area contributed by atoms with E-state index in [-0.39, 0.29) is 10.6 Å². The Hall–Kier alpha value is -1.70. The van der Waals surface area contributed by atoms with Gasteiger partial charge in [-0.15, -0.1) is 0 Å². The maximum absolute atomic E-state index is 13.0. The third kappa shape index (κ3) is 3.88. The molecule has 1 rings (SSSR count). The molecular weight excluding hydrogens is 284 g/mol. The first kappa shape index (κ1) is 15.4. The smallest absolute Gasteiger partial charge is 0.392 e. The van der Waals surface area contributed by atoms with Gasteiger partial charge in [-0.2, -0.15) is 13.2 Å². The number of hydrogen-bond donors (Lipinski definition) is 2. The number of nitrogens with one attached hydrogen (secondary N) is 1. The van der Waals surface area contributed by atoms with Gasteiger partial charge in [0.1, 0.15) is 5.82 Å². The van der Waals surface area contributed by atoms with E-state index in [0.717, 1.165) is 6.07 Å². The molecule has 0 heterocycles. The van der Waals surface area contributed by atoms with Gasteiger partial charge in [0.25, 0.3) is 5.91 Å². The second kappa shape index (κ2) is 5.52. The zero-order valence-electron chi connectivity index (χ0n) is 9.72. The van der Waals surface area contributed by atoms with Gasteiger partial charge in [0.2, 0.25) is 0 Å². The monoisotopic (exact) mass is 294 g/mol. The molecule has 1 unspecified atom stereocenters. The quantitative estimate of drug-likeness (QED) is 0.664. The van der Waals surface area contributed by atoms with Crippen LogP contribution < -0.4 is 11.1 Å². The molecule has 1 aromatic rings. The summed E-state index contributed by atoms with van der Waals surface area (Å²) in [6.45, 7) is 1.48. The predicted octanol–water partition coefficient (Wildman–Crippen LogP) is 2.25. The Balaban J connectivity index is 3.03. The predicted molar refractivity (Wildman–Crippen MR) is 65.1 cm³/mol. The summed E-state index contributed by atoms with van der Waals surface area (Å²) in [5, 5.41) is 2.30. The van der Waals surface area contributed by atoms with Crippen LogP contribution in [0.2, 0.25) is 0 Å². The number of rotatable bonds is 3. The van der Waals surface area contributed by atoms with Crippen molar-refractivity contribution < 1.29 is 22.4 Å². The number of benzene rings is 1. The van der Waals surface area contributed by atoms with E-state index in [2.05, 4.69) is 17.5 Å². The van der Waals surface area contributed by atoms with Gasteiger partial charge < -0.3 is 11.1 Å². The number of amides is 1. The van der Waals surface area contributed by atoms with Crippen LogP contribution >= 0.6 is 12.2 Å². The highest BCUT2D eigenvalue weighted by atomic mass is 32.1. The first-order valence-electron chi connectivity index (χ1n) is 5.10. The van der Waals surface area contributed by atoms with E-state index in [9.17, 15) is 22.4 Å². The molecule has 0 aromatic heterocycles. The maximum Gasteiger partial charge on any atom is 0.419 e. The Labute approximate surface area is 111 Å². The highest BCUT2D eigenvalue weighted by molar-refractivity contribution is 7.80. The number of thiocarbonyl (C=S) groups is 1. The van der Waals surface area contributed by atoms with Crippen LogP contribution in [0.25, 0.3) is 0 Å². The summed E-state index contributed by atoms with van der Waals surface area (Å²) < 4.78 is 50.4. The fraction of sp³-hybridized carbons (Fsp3) is 0.273. The van der Waals surface area contributed by atoms with Crippen molar-refractivity contribution in [3.05, 3.63) is 35.1 Å². The fourth-order valence-corrected chi connectivity index (χ4v) is 1.29. The summed E-state index contributed by atoms with van der Waals surface area (Å²) in [6.07, 6.45) is -4.87. The summed E-state index contributed by atoms with van der Waals surface area (Å²) in [5.74, 6) is -2.25. The second-order valence-corrected chi connectivity index (χ2v) is 4.26. The lowest BCUT2D eigenvalue weighted by molar-refractivity contribution is -0.140. The molecule has 0 aliphatic heterocycles. The van der Waals surface area contributed by atoms with E-state index in [4.69, 9.17) is 5.73 Å². The summed E-state index contributed by atoms with van der Waals surface area (Å²) in [5.41, 5.74) is 3.44. The second-order valence-electron chi connectivity index (χ2n) is 3.79. The molecule has 0 saturated heterocycles. The molecule has 0 radical (unpaired) electrons. The van der Waals surface area contributed by atoms with Crippen LogP contribution in [-0.2, 0) is 6.18 Å². The molecule has 0 saturated carbocycles. The summed E-state index contributed by atoms with van der Waals surface area (Å²) in [7, 11) is 0. The van der Waals surface area contributed by atoms with E-state index in [1.54, 1.807) is 0 Å². The number of hydrogen-bond acceptors (Lipinski definition) is 2. The topological polar surface area (TPSA) is 55.1 Å². The molecule has 0 aliphatic carbocycles. The average molecular weight is 294 g/mol. The minimum Gasteiger partial charge on any atom is -0.392 e. The summed E-state index contributed by atoms with van der Waals surface area (Å²) in [6, 6.07) is 1.30. The van der Waals surface area contributed by atoms with E-state index in [0.29, 0.717) is 12.1 Å². The first-order valence-corrected chi connectivity index (χ1v) is 5.50. The molecular formula is C11H10F4N2OS. The highest BCUT2D eigenvalue weighted by Gasteiger charge is 2.34. The largest absolute Gasteiger partial charge is 0.419 e. The van der Waals surface area contributed by atoms with Crippen molar-refractivity contribution in [3.63, 3.8) is 0 Å². The van der Waals surface area contributed by atoms with Crippen molar-refractivity contribution in [1.29, 1.82) is 0 Å². The van der Waals surface area contributed by atoms with Crippen LogP contribution in [0.4, 0.5) is 17.6 Å². The zero-order chi connectivity index (χ0) is 14.8. The van der Waals surface area contributed by atoms with Gasteiger partial charge in [-0.1, -0.05) is 12.2 Å². The molecule has 104 valence electrons. The lowest BCUT2D eigenvalue weighted by Crippen LogP contribution is -2.41. The van der Waals surface area contributed by atoms with Crippen LogP contribution in [0.3, 0.4) is 0 Å². The number of carbonyl (C=O) groups is 1. The Morgan fingerprint density at radius 3 is 2.47 bits per heavy atom. The van der Waals surface area contributed by atoms with Crippen molar-refractivity contribution in [2.75, 3.05) is 0 Å². The summed E-state index contributed by atoms with van der Waals surface area (Å²) >= 11 is 4.62. The highest BCUT2D eigenvalue weighted by Crippen LogP contribution is 2.31. The van der Waals surface area contributed by atoms with Gasteiger partial charge in [-0.05, 0) is 25.1 Å². The van der Waals surface area contributed by atoms with E-state index in [1.165, 1.54) is 6.92 Å². The minimum atomic E-state index is -4.87. The van der Waals surface area contributed by atoms with Crippen molar-refractivity contribution in [2.24, 2.45) is 5.73 Å². The van der Waals surface area contributed by atoms with Gasteiger partial charge in [0.15, 0.2) is 0 Å². The van der Waals surface area contributed by atoms with Gasteiger partial charge in [-0.3, -0.25) is 4.79 Å². The molecule has 0 spiro atoms. The molecule has 1 amide bonds. The zero-order valence-corrected chi connectivity index (χ0v) is 10.5. The Morgan fingerprint density at radius 1 is 1.42 bits per heavy atom. The van der Waals surface area contributed by atoms with Crippen molar-refractivity contribution in [2.45, 2.75) is 19.1 Å². The molecule has 1 aromatic carbocycles. The van der Waals surface area contributed by atoms with Crippen molar-refractivity contribution >= 4 is 23.1 Å². The first-order chi connectivity index (χ1) is 8.62. The number of nitrogens with two attached hydrogens (primary N) is 1. The lowest BCUT2D eigenvalue weighted by Gasteiger charge is -2.13. The molecule has 3 nitrogen and oxygen atoms in total. The van der Waals surface area contributed by atoms with Crippen LogP contribution in [0.1, 0.15) is 22.8 Å². The van der Waals surface area contributed by atoms with Crippen molar-refractivity contribution in [1.82, 2.24) is 5.32 Å². The maximum atomic E-state index is 13.0. The van der Waals surface area contributed by atoms with Gasteiger partial charge in [0, 0.05) is 5.56 Å². The van der Waals surface area contributed by atoms with Gasteiger partial charge in [-0.25, -0.2) is 4.39 Å². The Kier molecular flexibility index (Phi) is 4.46. The molecule has 19 heavy (non-hydrogen) atoms. The molecule has 1 atom stereocenters. The van der Waals surface area contributed by atoms with E-state index >= 15 is 0 Å².